The molecule has 5 heteroatoms. The summed E-state index contributed by atoms with van der Waals surface area (Å²) in [6.07, 6.45) is 5.66. The molecule has 140 valence electrons. The number of benzene rings is 1. The maximum atomic E-state index is 13.3. The molecule has 1 amide bonds. The average molecular weight is 364 g/mol. The van der Waals surface area contributed by atoms with Crippen molar-refractivity contribution in [3.8, 4) is 5.75 Å². The van der Waals surface area contributed by atoms with E-state index in [0.717, 1.165) is 31.4 Å². The van der Waals surface area contributed by atoms with Crippen molar-refractivity contribution in [3.05, 3.63) is 69.6 Å². The minimum Gasteiger partial charge on any atom is -0.496 e. The number of aromatic nitrogens is 1. The van der Waals surface area contributed by atoms with Crippen LogP contribution in [0.5, 0.6) is 5.75 Å². The zero-order chi connectivity index (χ0) is 18.8. The van der Waals surface area contributed by atoms with Crippen LogP contribution in [0, 0.1) is 0 Å². The maximum Gasteiger partial charge on any atom is 0.259 e. The van der Waals surface area contributed by atoms with E-state index in [0.29, 0.717) is 30.9 Å². The largest absolute Gasteiger partial charge is 0.496 e. The molecule has 0 N–H and O–H groups in total. The topological polar surface area (TPSA) is 51.5 Å². The van der Waals surface area contributed by atoms with E-state index in [1.165, 1.54) is 24.3 Å². The van der Waals surface area contributed by atoms with Crippen LogP contribution in [-0.4, -0.2) is 35.6 Å². The maximum absolute atomic E-state index is 13.3. The van der Waals surface area contributed by atoms with E-state index in [4.69, 9.17) is 4.74 Å². The van der Waals surface area contributed by atoms with Crippen LogP contribution in [0.1, 0.15) is 40.9 Å². The fourth-order valence-corrected chi connectivity index (χ4v) is 4.06. The fraction of sp³-hybridized carbons (Fsp3) is 0.364. The van der Waals surface area contributed by atoms with E-state index in [9.17, 15) is 9.59 Å². The second kappa shape index (κ2) is 7.43. The summed E-state index contributed by atoms with van der Waals surface area (Å²) in [6.45, 7) is 1.92. The average Bonchev–Trinajstić information content (AvgIpc) is 2.74. The molecule has 4 rings (SSSR count). The Morgan fingerprint density at radius 3 is 2.59 bits per heavy atom. The van der Waals surface area contributed by atoms with Gasteiger partial charge in [0, 0.05) is 31.4 Å². The molecule has 5 nitrogen and oxygen atoms in total. The molecule has 1 aromatic carbocycles. The molecular weight excluding hydrogens is 340 g/mol. The Labute approximate surface area is 158 Å². The lowest BCUT2D eigenvalue weighted by atomic mass is 9.98. The first-order valence-corrected chi connectivity index (χ1v) is 9.53. The minimum absolute atomic E-state index is 0.0409. The number of hydrogen-bond donors (Lipinski definition) is 0. The summed E-state index contributed by atoms with van der Waals surface area (Å²) in [7, 11) is 1.52. The van der Waals surface area contributed by atoms with Gasteiger partial charge in [0.05, 0.1) is 7.11 Å². The standard InChI is InChI=1S/C22H24N2O3/c1-27-19-15-20(25)24-12-6-5-9-18(24)21(19)22(26)23-13-10-17(11-14-23)16-7-3-2-4-8-16/h2-4,7-8,10,15H,5-6,9,11-14H2,1H3. The quantitative estimate of drug-likeness (QED) is 0.841. The van der Waals surface area contributed by atoms with Crippen molar-refractivity contribution in [3.63, 3.8) is 0 Å². The summed E-state index contributed by atoms with van der Waals surface area (Å²) >= 11 is 0. The molecular formula is C22H24N2O3. The molecule has 0 atom stereocenters. The molecule has 1 aromatic heterocycles. The van der Waals surface area contributed by atoms with Crippen LogP contribution in [0.2, 0.25) is 0 Å². The smallest absolute Gasteiger partial charge is 0.259 e. The third-order valence-electron chi connectivity index (χ3n) is 5.50. The van der Waals surface area contributed by atoms with E-state index in [1.54, 1.807) is 4.57 Å². The van der Waals surface area contributed by atoms with Gasteiger partial charge in [0.1, 0.15) is 11.3 Å². The lowest BCUT2D eigenvalue weighted by Gasteiger charge is -2.29. The Morgan fingerprint density at radius 2 is 1.89 bits per heavy atom. The van der Waals surface area contributed by atoms with Gasteiger partial charge in [-0.1, -0.05) is 36.4 Å². The van der Waals surface area contributed by atoms with Gasteiger partial charge in [0.2, 0.25) is 0 Å². The summed E-state index contributed by atoms with van der Waals surface area (Å²) in [5.74, 6) is 0.358. The first-order chi connectivity index (χ1) is 13.2. The number of carbonyl (C=O) groups is 1. The van der Waals surface area contributed by atoms with Gasteiger partial charge in [-0.25, -0.2) is 0 Å². The first kappa shape index (κ1) is 17.6. The Morgan fingerprint density at radius 1 is 1.07 bits per heavy atom. The second-order valence-corrected chi connectivity index (χ2v) is 7.08. The molecule has 0 radical (unpaired) electrons. The lowest BCUT2D eigenvalue weighted by molar-refractivity contribution is 0.0766. The van der Waals surface area contributed by atoms with Crippen LogP contribution < -0.4 is 10.3 Å². The van der Waals surface area contributed by atoms with Gasteiger partial charge in [0.15, 0.2) is 0 Å². The fourth-order valence-electron chi connectivity index (χ4n) is 4.06. The van der Waals surface area contributed by atoms with Gasteiger partial charge in [0.25, 0.3) is 11.5 Å². The number of nitrogens with zero attached hydrogens (tertiary/aromatic N) is 2. The van der Waals surface area contributed by atoms with Crippen molar-refractivity contribution in [2.24, 2.45) is 0 Å². The number of carbonyl (C=O) groups excluding carboxylic acids is 1. The predicted octanol–water partition coefficient (Wildman–Crippen LogP) is 3.12. The summed E-state index contributed by atoms with van der Waals surface area (Å²) in [6, 6.07) is 11.7. The number of amides is 1. The number of ether oxygens (including phenoxy) is 1. The van der Waals surface area contributed by atoms with Gasteiger partial charge in [-0.2, -0.15) is 0 Å². The van der Waals surface area contributed by atoms with Crippen molar-refractivity contribution in [1.82, 2.24) is 9.47 Å². The Bertz CT molecular complexity index is 944. The molecule has 0 unspecified atom stereocenters. The second-order valence-electron chi connectivity index (χ2n) is 7.08. The van der Waals surface area contributed by atoms with Crippen LogP contribution in [0.4, 0.5) is 0 Å². The zero-order valence-electron chi connectivity index (χ0n) is 15.6. The minimum atomic E-state index is -0.0806. The van der Waals surface area contributed by atoms with Gasteiger partial charge < -0.3 is 14.2 Å². The molecule has 0 saturated heterocycles. The molecule has 0 aliphatic carbocycles. The molecule has 0 spiro atoms. The Kier molecular flexibility index (Phi) is 4.84. The number of methoxy groups -OCH3 is 1. The summed E-state index contributed by atoms with van der Waals surface area (Å²) in [5.41, 5.74) is 3.80. The van der Waals surface area contributed by atoms with E-state index >= 15 is 0 Å². The van der Waals surface area contributed by atoms with Crippen molar-refractivity contribution < 1.29 is 9.53 Å². The van der Waals surface area contributed by atoms with Crippen molar-refractivity contribution >= 4 is 11.5 Å². The molecule has 2 aliphatic heterocycles. The Hall–Kier alpha value is -2.82. The molecule has 2 aliphatic rings. The van der Waals surface area contributed by atoms with Crippen molar-refractivity contribution in [2.45, 2.75) is 32.2 Å². The zero-order valence-corrected chi connectivity index (χ0v) is 15.6. The number of pyridine rings is 1. The van der Waals surface area contributed by atoms with E-state index in [2.05, 4.69) is 18.2 Å². The van der Waals surface area contributed by atoms with E-state index in [1.807, 2.05) is 23.1 Å². The monoisotopic (exact) mass is 364 g/mol. The molecule has 0 fully saturated rings. The van der Waals surface area contributed by atoms with Gasteiger partial charge in [-0.3, -0.25) is 9.59 Å². The highest BCUT2D eigenvalue weighted by molar-refractivity contribution is 5.98. The number of fused-ring (bicyclic) bond motifs is 1. The molecule has 3 heterocycles. The lowest BCUT2D eigenvalue weighted by Crippen LogP contribution is -2.38. The molecule has 0 bridgehead atoms. The normalized spacial score (nSPS) is 16.5. The number of hydrogen-bond acceptors (Lipinski definition) is 3. The highest BCUT2D eigenvalue weighted by Gasteiger charge is 2.28. The van der Waals surface area contributed by atoms with Crippen molar-refractivity contribution in [2.75, 3.05) is 20.2 Å². The summed E-state index contributed by atoms with van der Waals surface area (Å²) < 4.78 is 7.16. The third-order valence-corrected chi connectivity index (χ3v) is 5.50. The van der Waals surface area contributed by atoms with Crippen LogP contribution in [0.15, 0.2) is 47.3 Å². The summed E-state index contributed by atoms with van der Waals surface area (Å²) in [4.78, 5) is 27.5. The SMILES string of the molecule is COc1cc(=O)n2c(c1C(=O)N1CC=C(c3ccccc3)CC1)CCCC2. The van der Waals surface area contributed by atoms with E-state index in [-0.39, 0.29) is 11.5 Å². The van der Waals surface area contributed by atoms with Crippen LogP contribution in [-0.2, 0) is 13.0 Å². The third kappa shape index (κ3) is 3.29. The van der Waals surface area contributed by atoms with Crippen LogP contribution >= 0.6 is 0 Å². The molecule has 2 aromatic rings. The predicted molar refractivity (Wildman–Crippen MR) is 105 cm³/mol. The van der Waals surface area contributed by atoms with Crippen molar-refractivity contribution in [1.29, 1.82) is 0 Å². The van der Waals surface area contributed by atoms with Gasteiger partial charge >= 0.3 is 0 Å². The van der Waals surface area contributed by atoms with E-state index < -0.39 is 0 Å². The highest BCUT2D eigenvalue weighted by atomic mass is 16.5. The number of rotatable bonds is 3. The first-order valence-electron chi connectivity index (χ1n) is 9.53. The highest BCUT2D eigenvalue weighted by Crippen LogP contribution is 2.28. The van der Waals surface area contributed by atoms with Crippen LogP contribution in [0.25, 0.3) is 5.57 Å². The van der Waals surface area contributed by atoms with Gasteiger partial charge in [-0.05, 0) is 36.8 Å². The Balaban J connectivity index is 1.64. The molecule has 27 heavy (non-hydrogen) atoms. The van der Waals surface area contributed by atoms with Crippen LogP contribution in [0.3, 0.4) is 0 Å². The summed E-state index contributed by atoms with van der Waals surface area (Å²) in [5, 5.41) is 0. The van der Waals surface area contributed by atoms with Gasteiger partial charge in [-0.15, -0.1) is 0 Å². The molecule has 0 saturated carbocycles.